The smallest absolute Gasteiger partial charge is 0.306 e. The van der Waals surface area contributed by atoms with Crippen molar-refractivity contribution in [3.05, 3.63) is 11.8 Å². The average Bonchev–Trinajstić information content (AvgIpc) is 3.22. The van der Waals surface area contributed by atoms with E-state index in [1.165, 1.54) is 19.3 Å². The van der Waals surface area contributed by atoms with Crippen LogP contribution in [0.15, 0.2) is 10.6 Å². The van der Waals surface area contributed by atoms with Crippen molar-refractivity contribution in [2.75, 3.05) is 5.32 Å². The highest BCUT2D eigenvalue weighted by molar-refractivity contribution is 5.94. The summed E-state index contributed by atoms with van der Waals surface area (Å²) >= 11 is 0. The minimum Gasteiger partial charge on any atom is -0.452 e. The van der Waals surface area contributed by atoms with E-state index in [0.717, 1.165) is 12.3 Å². The van der Waals surface area contributed by atoms with E-state index in [4.69, 9.17) is 9.26 Å². The number of carbonyl (C=O) groups excluding carboxylic acids is 2. The number of amides is 1. The lowest BCUT2D eigenvalue weighted by molar-refractivity contribution is -0.155. The van der Waals surface area contributed by atoms with Crippen LogP contribution in [0.5, 0.6) is 0 Å². The summed E-state index contributed by atoms with van der Waals surface area (Å²) in [5.41, 5.74) is 0. The minimum absolute atomic E-state index is 0.263. The summed E-state index contributed by atoms with van der Waals surface area (Å²) in [5.74, 6) is 2.26. The molecule has 3 rings (SSSR count). The predicted octanol–water partition coefficient (Wildman–Crippen LogP) is 3.07. The highest BCUT2D eigenvalue weighted by Crippen LogP contribution is 2.49. The van der Waals surface area contributed by atoms with Crippen molar-refractivity contribution in [3.8, 4) is 0 Å². The maximum atomic E-state index is 12.2. The SMILES string of the molecule is CCC(OC(=O)CC1CC2CCC1C2)C(=O)Nc1cc(C)on1. The van der Waals surface area contributed by atoms with Crippen molar-refractivity contribution >= 4 is 17.7 Å². The van der Waals surface area contributed by atoms with E-state index in [0.29, 0.717) is 36.3 Å². The van der Waals surface area contributed by atoms with Gasteiger partial charge in [0.2, 0.25) is 0 Å². The summed E-state index contributed by atoms with van der Waals surface area (Å²) in [6, 6.07) is 1.63. The second-order valence-corrected chi connectivity index (χ2v) is 6.84. The summed E-state index contributed by atoms with van der Waals surface area (Å²) in [4.78, 5) is 24.4. The normalized spacial score (nSPS) is 27.0. The molecular formula is C17H24N2O4. The Morgan fingerprint density at radius 1 is 1.43 bits per heavy atom. The van der Waals surface area contributed by atoms with E-state index in [9.17, 15) is 9.59 Å². The Balaban J connectivity index is 1.49. The first-order valence-corrected chi connectivity index (χ1v) is 8.48. The maximum Gasteiger partial charge on any atom is 0.306 e. The van der Waals surface area contributed by atoms with Crippen molar-refractivity contribution in [1.29, 1.82) is 0 Å². The number of nitrogens with zero attached hydrogens (tertiary/aromatic N) is 1. The van der Waals surface area contributed by atoms with E-state index in [1.54, 1.807) is 13.0 Å². The van der Waals surface area contributed by atoms with E-state index >= 15 is 0 Å². The van der Waals surface area contributed by atoms with Gasteiger partial charge in [0, 0.05) is 12.5 Å². The van der Waals surface area contributed by atoms with Gasteiger partial charge in [0.1, 0.15) is 5.76 Å². The molecule has 1 heterocycles. The third-order valence-electron chi connectivity index (χ3n) is 5.13. The second-order valence-electron chi connectivity index (χ2n) is 6.84. The first kappa shape index (κ1) is 16.0. The lowest BCUT2D eigenvalue weighted by Crippen LogP contribution is -2.33. The predicted molar refractivity (Wildman–Crippen MR) is 83.6 cm³/mol. The number of hydrogen-bond donors (Lipinski definition) is 1. The number of carbonyl (C=O) groups is 2. The standard InChI is InChI=1S/C17H24N2O4/c1-3-14(17(21)18-15-6-10(2)23-19-15)22-16(20)9-13-8-11-4-5-12(13)7-11/h6,11-14H,3-5,7-9H2,1-2H3,(H,18,19,21). The third-order valence-corrected chi connectivity index (χ3v) is 5.13. The number of nitrogens with one attached hydrogen (secondary N) is 1. The number of aromatic nitrogens is 1. The van der Waals surface area contributed by atoms with Crippen LogP contribution in [-0.2, 0) is 14.3 Å². The van der Waals surface area contributed by atoms with Gasteiger partial charge in [0.25, 0.3) is 5.91 Å². The molecule has 1 amide bonds. The van der Waals surface area contributed by atoms with Gasteiger partial charge in [0.05, 0.1) is 0 Å². The molecular weight excluding hydrogens is 296 g/mol. The molecule has 0 aliphatic heterocycles. The zero-order valence-corrected chi connectivity index (χ0v) is 13.7. The fourth-order valence-electron chi connectivity index (χ4n) is 4.00. The summed E-state index contributed by atoms with van der Waals surface area (Å²) < 4.78 is 10.3. The molecule has 1 aromatic heterocycles. The highest BCUT2D eigenvalue weighted by atomic mass is 16.5. The van der Waals surface area contributed by atoms with Gasteiger partial charge in [-0.05, 0) is 50.4 Å². The molecule has 0 aromatic carbocycles. The number of hydrogen-bond acceptors (Lipinski definition) is 5. The molecule has 1 N–H and O–H groups in total. The first-order chi connectivity index (χ1) is 11.0. The van der Waals surface area contributed by atoms with Gasteiger partial charge in [-0.25, -0.2) is 0 Å². The van der Waals surface area contributed by atoms with E-state index in [2.05, 4.69) is 10.5 Å². The zero-order valence-electron chi connectivity index (χ0n) is 13.7. The highest BCUT2D eigenvalue weighted by Gasteiger charge is 2.40. The zero-order chi connectivity index (χ0) is 16.4. The number of rotatable bonds is 6. The van der Waals surface area contributed by atoms with Crippen LogP contribution in [0.2, 0.25) is 0 Å². The van der Waals surface area contributed by atoms with Crippen molar-refractivity contribution < 1.29 is 18.8 Å². The Morgan fingerprint density at radius 2 is 2.26 bits per heavy atom. The van der Waals surface area contributed by atoms with Crippen LogP contribution in [0.1, 0.15) is 51.2 Å². The summed E-state index contributed by atoms with van der Waals surface area (Å²) in [6.07, 6.45) is 5.05. The Kier molecular flexibility index (Phi) is 4.68. The van der Waals surface area contributed by atoms with Crippen LogP contribution in [-0.4, -0.2) is 23.1 Å². The summed E-state index contributed by atoms with van der Waals surface area (Å²) in [7, 11) is 0. The molecule has 2 saturated carbocycles. The molecule has 0 spiro atoms. The average molecular weight is 320 g/mol. The Hall–Kier alpha value is -1.85. The third kappa shape index (κ3) is 3.74. The van der Waals surface area contributed by atoms with Gasteiger partial charge < -0.3 is 14.6 Å². The molecule has 2 aliphatic rings. The van der Waals surface area contributed by atoms with Gasteiger partial charge in [-0.1, -0.05) is 18.5 Å². The van der Waals surface area contributed by atoms with Gasteiger partial charge in [-0.15, -0.1) is 0 Å². The van der Waals surface area contributed by atoms with Crippen LogP contribution in [0.3, 0.4) is 0 Å². The van der Waals surface area contributed by atoms with Crippen LogP contribution >= 0.6 is 0 Å². The van der Waals surface area contributed by atoms with Gasteiger partial charge >= 0.3 is 5.97 Å². The molecule has 126 valence electrons. The fourth-order valence-corrected chi connectivity index (χ4v) is 4.00. The molecule has 4 atom stereocenters. The largest absolute Gasteiger partial charge is 0.452 e. The van der Waals surface area contributed by atoms with Crippen molar-refractivity contribution in [2.24, 2.45) is 17.8 Å². The van der Waals surface area contributed by atoms with Crippen LogP contribution in [0.25, 0.3) is 0 Å². The topological polar surface area (TPSA) is 81.4 Å². The monoisotopic (exact) mass is 320 g/mol. The van der Waals surface area contributed by atoms with Crippen LogP contribution in [0, 0.1) is 24.7 Å². The molecule has 0 saturated heterocycles. The number of esters is 1. The minimum atomic E-state index is -0.780. The molecule has 23 heavy (non-hydrogen) atoms. The molecule has 0 radical (unpaired) electrons. The van der Waals surface area contributed by atoms with E-state index < -0.39 is 6.10 Å². The van der Waals surface area contributed by atoms with E-state index in [1.807, 2.05) is 6.92 Å². The van der Waals surface area contributed by atoms with Crippen molar-refractivity contribution in [2.45, 2.75) is 58.5 Å². The second kappa shape index (κ2) is 6.72. The van der Waals surface area contributed by atoms with Gasteiger partial charge in [0.15, 0.2) is 11.9 Å². The molecule has 6 heteroatoms. The number of ether oxygens (including phenoxy) is 1. The van der Waals surface area contributed by atoms with E-state index in [-0.39, 0.29) is 11.9 Å². The maximum absolute atomic E-state index is 12.2. The van der Waals surface area contributed by atoms with Crippen LogP contribution in [0.4, 0.5) is 5.82 Å². The quantitative estimate of drug-likeness (QED) is 0.815. The van der Waals surface area contributed by atoms with Crippen LogP contribution < -0.4 is 5.32 Å². The Morgan fingerprint density at radius 3 is 2.83 bits per heavy atom. The summed E-state index contributed by atoms with van der Waals surface area (Å²) in [5, 5.41) is 6.33. The molecule has 2 fully saturated rings. The van der Waals surface area contributed by atoms with Gasteiger partial charge in [-0.2, -0.15) is 0 Å². The van der Waals surface area contributed by atoms with Gasteiger partial charge in [-0.3, -0.25) is 9.59 Å². The van der Waals surface area contributed by atoms with Crippen molar-refractivity contribution in [3.63, 3.8) is 0 Å². The Labute approximate surface area is 135 Å². The first-order valence-electron chi connectivity index (χ1n) is 8.48. The lowest BCUT2D eigenvalue weighted by atomic mass is 9.86. The Bertz CT molecular complexity index is 583. The molecule has 2 aliphatic carbocycles. The number of anilines is 1. The number of aryl methyl sites for hydroxylation is 1. The molecule has 6 nitrogen and oxygen atoms in total. The lowest BCUT2D eigenvalue weighted by Gasteiger charge is -2.22. The fraction of sp³-hybridized carbons (Fsp3) is 0.706. The molecule has 4 unspecified atom stereocenters. The molecule has 2 bridgehead atoms. The molecule has 1 aromatic rings. The number of fused-ring (bicyclic) bond motifs is 2. The van der Waals surface area contributed by atoms with Crippen molar-refractivity contribution in [1.82, 2.24) is 5.16 Å². The summed E-state index contributed by atoms with van der Waals surface area (Å²) in [6.45, 7) is 3.57.